The maximum Gasteiger partial charge on any atom is 0.222 e. The van der Waals surface area contributed by atoms with Crippen LogP contribution in [0.3, 0.4) is 0 Å². The largest absolute Gasteiger partial charge is 0.354 e. The molecule has 0 bridgehead atoms. The van der Waals surface area contributed by atoms with E-state index in [0.717, 1.165) is 22.9 Å². The molecule has 0 aliphatic rings. The van der Waals surface area contributed by atoms with Crippen LogP contribution in [0.4, 0.5) is 0 Å². The fourth-order valence-corrected chi connectivity index (χ4v) is 2.72. The van der Waals surface area contributed by atoms with E-state index in [1.165, 1.54) is 5.56 Å². The molecule has 0 saturated heterocycles. The number of halogens is 1. The Labute approximate surface area is 146 Å². The van der Waals surface area contributed by atoms with Crippen molar-refractivity contribution in [3.8, 4) is 0 Å². The molecule has 23 heavy (non-hydrogen) atoms. The van der Waals surface area contributed by atoms with Crippen LogP contribution in [0, 0.1) is 0 Å². The van der Waals surface area contributed by atoms with E-state index in [9.17, 15) is 4.79 Å². The van der Waals surface area contributed by atoms with Gasteiger partial charge in [-0.25, -0.2) is 0 Å². The molecule has 122 valence electrons. The van der Waals surface area contributed by atoms with Crippen LogP contribution in [0.25, 0.3) is 0 Å². The molecule has 0 heterocycles. The highest BCUT2D eigenvalue weighted by Crippen LogP contribution is 2.14. The Morgan fingerprint density at radius 2 is 1.78 bits per heavy atom. The number of nitrogens with two attached hydrogens (primary N) is 1. The number of carbonyl (C=O) groups excluding carboxylic acids is 1. The average Bonchev–Trinajstić information content (AvgIpc) is 2.55. The summed E-state index contributed by atoms with van der Waals surface area (Å²) in [6.07, 6.45) is 2.17. The van der Waals surface area contributed by atoms with Crippen molar-refractivity contribution < 1.29 is 4.79 Å². The Morgan fingerprint density at radius 3 is 2.43 bits per heavy atom. The summed E-state index contributed by atoms with van der Waals surface area (Å²) in [5.41, 5.74) is 8.35. The first kappa shape index (κ1) is 17.7. The lowest BCUT2D eigenvalue weighted by Gasteiger charge is -2.16. The van der Waals surface area contributed by atoms with E-state index in [1.54, 1.807) is 0 Å². The molecule has 0 saturated carbocycles. The molecule has 4 heteroatoms. The molecule has 3 N–H and O–H groups in total. The van der Waals surface area contributed by atoms with E-state index in [2.05, 4.69) is 33.4 Å². The molecule has 0 radical (unpaired) electrons. The van der Waals surface area contributed by atoms with Gasteiger partial charge < -0.3 is 11.1 Å². The average molecular weight is 375 g/mol. The van der Waals surface area contributed by atoms with Crippen LogP contribution in [0.1, 0.15) is 36.9 Å². The zero-order valence-corrected chi connectivity index (χ0v) is 14.9. The number of rotatable bonds is 7. The summed E-state index contributed by atoms with van der Waals surface area (Å²) in [6.45, 7) is 2.03. The molecular formula is C19H23BrN2O. The zero-order valence-electron chi connectivity index (χ0n) is 13.3. The van der Waals surface area contributed by atoms with Gasteiger partial charge in [0.1, 0.15) is 0 Å². The molecule has 1 amide bonds. The van der Waals surface area contributed by atoms with Crippen LogP contribution in [-0.4, -0.2) is 11.9 Å². The van der Waals surface area contributed by atoms with E-state index < -0.39 is 0 Å². The lowest BCUT2D eigenvalue weighted by molar-refractivity contribution is -0.122. The molecule has 2 rings (SSSR count). The molecule has 2 atom stereocenters. The van der Waals surface area contributed by atoms with Gasteiger partial charge in [0.15, 0.2) is 0 Å². The second kappa shape index (κ2) is 8.85. The van der Waals surface area contributed by atoms with Gasteiger partial charge in [0.05, 0.1) is 0 Å². The maximum atomic E-state index is 12.1. The molecule has 0 fully saturated rings. The third kappa shape index (κ3) is 6.16. The highest BCUT2D eigenvalue weighted by molar-refractivity contribution is 9.10. The molecule has 3 nitrogen and oxygen atoms in total. The molecule has 0 aliphatic carbocycles. The van der Waals surface area contributed by atoms with Gasteiger partial charge in [-0.2, -0.15) is 0 Å². The normalized spacial score (nSPS) is 13.3. The number of amides is 1. The van der Waals surface area contributed by atoms with Crippen LogP contribution < -0.4 is 11.1 Å². The molecule has 0 aliphatic heterocycles. The number of carbonyl (C=O) groups is 1. The minimum atomic E-state index is -0.255. The minimum absolute atomic E-state index is 0.00431. The van der Waals surface area contributed by atoms with Gasteiger partial charge in [0.2, 0.25) is 5.91 Å². The first-order valence-corrected chi connectivity index (χ1v) is 8.68. The standard InChI is InChI=1S/C19H23BrN2O/c1-14(7-8-15-9-11-17(20)12-10-15)22-19(23)13-18(21)16-5-3-2-4-6-16/h2-6,9-12,14,18H,7-8,13,21H2,1H3,(H,22,23). The number of nitrogens with one attached hydrogen (secondary N) is 1. The third-order valence-electron chi connectivity index (χ3n) is 3.82. The summed E-state index contributed by atoms with van der Waals surface area (Å²) in [4.78, 5) is 12.1. The number of benzene rings is 2. The number of hydrogen-bond acceptors (Lipinski definition) is 2. The van der Waals surface area contributed by atoms with Gasteiger partial charge in [-0.15, -0.1) is 0 Å². The Balaban J connectivity index is 1.75. The fourth-order valence-electron chi connectivity index (χ4n) is 2.46. The summed E-state index contributed by atoms with van der Waals surface area (Å²) in [6, 6.07) is 17.9. The van der Waals surface area contributed by atoms with E-state index in [4.69, 9.17) is 5.73 Å². The first-order chi connectivity index (χ1) is 11.0. The van der Waals surface area contributed by atoms with Gasteiger partial charge in [-0.3, -0.25) is 4.79 Å². The van der Waals surface area contributed by atoms with Crippen molar-refractivity contribution in [2.24, 2.45) is 5.73 Å². The SMILES string of the molecule is CC(CCc1ccc(Br)cc1)NC(=O)CC(N)c1ccccc1. The molecule has 2 unspecified atom stereocenters. The topological polar surface area (TPSA) is 55.1 Å². The number of aryl methyl sites for hydroxylation is 1. The van der Waals surface area contributed by atoms with E-state index >= 15 is 0 Å². The van der Waals surface area contributed by atoms with Crippen molar-refractivity contribution in [2.45, 2.75) is 38.3 Å². The Morgan fingerprint density at radius 1 is 1.13 bits per heavy atom. The summed E-state index contributed by atoms with van der Waals surface area (Å²) in [7, 11) is 0. The fraction of sp³-hybridized carbons (Fsp3) is 0.316. The van der Waals surface area contributed by atoms with Crippen molar-refractivity contribution in [3.05, 3.63) is 70.2 Å². The maximum absolute atomic E-state index is 12.1. The van der Waals surface area contributed by atoms with E-state index in [-0.39, 0.29) is 18.0 Å². The lowest BCUT2D eigenvalue weighted by Crippen LogP contribution is -2.34. The van der Waals surface area contributed by atoms with Crippen LogP contribution in [0.15, 0.2) is 59.1 Å². The monoisotopic (exact) mass is 374 g/mol. The molecule has 0 aromatic heterocycles. The van der Waals surface area contributed by atoms with Crippen molar-refractivity contribution in [2.75, 3.05) is 0 Å². The summed E-state index contributed by atoms with van der Waals surface area (Å²) in [5.74, 6) is 0.00431. The predicted molar refractivity (Wildman–Crippen MR) is 98.1 cm³/mol. The van der Waals surface area contributed by atoms with Gasteiger partial charge in [-0.05, 0) is 43.0 Å². The molecule has 2 aromatic rings. The summed E-state index contributed by atoms with van der Waals surface area (Å²) < 4.78 is 1.08. The Hall–Kier alpha value is -1.65. The Bertz CT molecular complexity index is 613. The molecule has 2 aromatic carbocycles. The second-order valence-corrected chi connectivity index (χ2v) is 6.77. The minimum Gasteiger partial charge on any atom is -0.354 e. The predicted octanol–water partition coefficient (Wildman–Crippen LogP) is 3.98. The van der Waals surface area contributed by atoms with E-state index in [0.29, 0.717) is 6.42 Å². The Kier molecular flexibility index (Phi) is 6.81. The van der Waals surface area contributed by atoms with Crippen LogP contribution in [-0.2, 0) is 11.2 Å². The quantitative estimate of drug-likeness (QED) is 0.769. The van der Waals surface area contributed by atoms with Gasteiger partial charge in [0, 0.05) is 23.0 Å². The van der Waals surface area contributed by atoms with E-state index in [1.807, 2.05) is 49.4 Å². The van der Waals surface area contributed by atoms with Gasteiger partial charge >= 0.3 is 0 Å². The second-order valence-electron chi connectivity index (χ2n) is 5.86. The lowest BCUT2D eigenvalue weighted by atomic mass is 10.0. The van der Waals surface area contributed by atoms with Gasteiger partial charge in [0.25, 0.3) is 0 Å². The summed E-state index contributed by atoms with van der Waals surface area (Å²) >= 11 is 3.43. The molecular weight excluding hydrogens is 352 g/mol. The van der Waals surface area contributed by atoms with Crippen LogP contribution in [0.2, 0.25) is 0 Å². The molecule has 0 spiro atoms. The van der Waals surface area contributed by atoms with Gasteiger partial charge in [-0.1, -0.05) is 58.4 Å². The van der Waals surface area contributed by atoms with Crippen LogP contribution in [0.5, 0.6) is 0 Å². The first-order valence-electron chi connectivity index (χ1n) is 7.89. The highest BCUT2D eigenvalue weighted by atomic mass is 79.9. The van der Waals surface area contributed by atoms with Crippen LogP contribution >= 0.6 is 15.9 Å². The zero-order chi connectivity index (χ0) is 16.7. The smallest absolute Gasteiger partial charge is 0.222 e. The third-order valence-corrected chi connectivity index (χ3v) is 4.35. The highest BCUT2D eigenvalue weighted by Gasteiger charge is 2.13. The van der Waals surface area contributed by atoms with Crippen molar-refractivity contribution >= 4 is 21.8 Å². The summed E-state index contributed by atoms with van der Waals surface area (Å²) in [5, 5.41) is 3.03. The number of hydrogen-bond donors (Lipinski definition) is 2. The van der Waals surface area contributed by atoms with Crippen molar-refractivity contribution in [1.82, 2.24) is 5.32 Å². The van der Waals surface area contributed by atoms with Crippen molar-refractivity contribution in [3.63, 3.8) is 0 Å². The van der Waals surface area contributed by atoms with Crippen molar-refractivity contribution in [1.29, 1.82) is 0 Å².